The first-order chi connectivity index (χ1) is 12.9. The summed E-state index contributed by atoms with van der Waals surface area (Å²) in [4.78, 5) is 22.7. The summed E-state index contributed by atoms with van der Waals surface area (Å²) in [5.74, 6) is -0.291. The first-order valence-corrected chi connectivity index (χ1v) is 8.60. The molecule has 27 heavy (non-hydrogen) atoms. The second-order valence-electron chi connectivity index (χ2n) is 7.27. The Morgan fingerprint density at radius 2 is 1.78 bits per heavy atom. The molecule has 2 aromatic carbocycles. The summed E-state index contributed by atoms with van der Waals surface area (Å²) in [5.41, 5.74) is 3.70. The summed E-state index contributed by atoms with van der Waals surface area (Å²) >= 11 is 0. The molecular formula is C21H21N3O3. The van der Waals surface area contributed by atoms with Crippen molar-refractivity contribution in [2.24, 2.45) is 5.41 Å². The number of nitrogens with zero attached hydrogens (tertiary/aromatic N) is 3. The minimum absolute atomic E-state index is 0.0238. The normalized spacial score (nSPS) is 11.2. The summed E-state index contributed by atoms with van der Waals surface area (Å²) in [6.07, 6.45) is 2.57. The van der Waals surface area contributed by atoms with Crippen LogP contribution in [-0.2, 0) is 16.3 Å². The van der Waals surface area contributed by atoms with Crippen molar-refractivity contribution in [3.05, 3.63) is 60.3 Å². The molecule has 1 aromatic heterocycles. The number of aromatic nitrogens is 3. The molecule has 0 aliphatic rings. The van der Waals surface area contributed by atoms with E-state index in [1.807, 2.05) is 36.4 Å². The van der Waals surface area contributed by atoms with Gasteiger partial charge in [0.15, 0.2) is 6.73 Å². The zero-order valence-electron chi connectivity index (χ0n) is 15.5. The van der Waals surface area contributed by atoms with Gasteiger partial charge in [-0.3, -0.25) is 9.59 Å². The maximum atomic E-state index is 11.9. The highest BCUT2D eigenvalue weighted by Crippen LogP contribution is 2.25. The molecule has 6 nitrogen and oxygen atoms in total. The lowest BCUT2D eigenvalue weighted by Gasteiger charge is -2.15. The number of hydrogen-bond donors (Lipinski definition) is 0. The third-order valence-corrected chi connectivity index (χ3v) is 4.02. The van der Waals surface area contributed by atoms with Gasteiger partial charge < -0.3 is 4.74 Å². The topological polar surface area (TPSA) is 74.1 Å². The van der Waals surface area contributed by atoms with Crippen molar-refractivity contribution in [2.45, 2.75) is 27.5 Å². The first kappa shape index (κ1) is 18.5. The highest BCUT2D eigenvalue weighted by Gasteiger charge is 2.23. The lowest BCUT2D eigenvalue weighted by molar-refractivity contribution is -0.157. The maximum Gasteiger partial charge on any atom is 0.313 e. The molecule has 0 aliphatic carbocycles. The minimum Gasteiger partial charge on any atom is -0.442 e. The van der Waals surface area contributed by atoms with Gasteiger partial charge in [0.25, 0.3) is 0 Å². The Labute approximate surface area is 157 Å². The molecule has 0 atom stereocenters. The number of rotatable bonds is 5. The van der Waals surface area contributed by atoms with Gasteiger partial charge in [0.05, 0.1) is 11.6 Å². The van der Waals surface area contributed by atoms with Crippen molar-refractivity contribution in [3.8, 4) is 22.4 Å². The van der Waals surface area contributed by atoms with Crippen LogP contribution in [0.2, 0.25) is 0 Å². The van der Waals surface area contributed by atoms with Gasteiger partial charge in [0.1, 0.15) is 12.0 Å². The van der Waals surface area contributed by atoms with Crippen LogP contribution in [0, 0.1) is 5.41 Å². The predicted molar refractivity (Wildman–Crippen MR) is 102 cm³/mol. The fraction of sp³-hybridized carbons (Fsp3) is 0.238. The van der Waals surface area contributed by atoms with Crippen molar-refractivity contribution in [1.29, 1.82) is 0 Å². The van der Waals surface area contributed by atoms with E-state index in [0.29, 0.717) is 11.3 Å². The average molecular weight is 363 g/mol. The number of aldehydes is 1. The number of carbonyl (C=O) groups excluding carboxylic acids is 2. The molecule has 0 N–H and O–H groups in total. The van der Waals surface area contributed by atoms with E-state index in [1.54, 1.807) is 39.1 Å². The van der Waals surface area contributed by atoms with Gasteiger partial charge in [0.2, 0.25) is 0 Å². The molecular weight excluding hydrogens is 342 g/mol. The molecule has 0 unspecified atom stereocenters. The third-order valence-electron chi connectivity index (χ3n) is 4.02. The van der Waals surface area contributed by atoms with Gasteiger partial charge in [-0.2, -0.15) is 0 Å². The molecule has 0 radical (unpaired) electrons. The van der Waals surface area contributed by atoms with Gasteiger partial charge >= 0.3 is 5.97 Å². The maximum absolute atomic E-state index is 11.9. The number of ether oxygens (including phenoxy) is 1. The van der Waals surface area contributed by atoms with Crippen LogP contribution in [0.4, 0.5) is 0 Å². The third kappa shape index (κ3) is 4.47. The summed E-state index contributed by atoms with van der Waals surface area (Å²) < 4.78 is 6.74. The summed E-state index contributed by atoms with van der Waals surface area (Å²) in [5, 5.41) is 8.19. The van der Waals surface area contributed by atoms with Crippen LogP contribution >= 0.6 is 0 Å². The summed E-state index contributed by atoms with van der Waals surface area (Å²) in [6.45, 7) is 5.43. The van der Waals surface area contributed by atoms with Gasteiger partial charge in [-0.1, -0.05) is 47.7 Å². The molecule has 0 aliphatic heterocycles. The highest BCUT2D eigenvalue weighted by molar-refractivity contribution is 5.78. The van der Waals surface area contributed by atoms with Gasteiger partial charge in [-0.05, 0) is 38.0 Å². The predicted octanol–water partition coefficient (Wildman–Crippen LogP) is 3.97. The zero-order chi connectivity index (χ0) is 19.4. The van der Waals surface area contributed by atoms with Crippen LogP contribution in [0.5, 0.6) is 0 Å². The number of esters is 1. The first-order valence-electron chi connectivity index (χ1n) is 8.60. The number of carbonyl (C=O) groups is 2. The van der Waals surface area contributed by atoms with Gasteiger partial charge in [-0.25, -0.2) is 4.68 Å². The number of hydrogen-bond acceptors (Lipinski definition) is 5. The second kappa shape index (κ2) is 7.53. The Hall–Kier alpha value is -3.28. The fourth-order valence-corrected chi connectivity index (χ4v) is 2.45. The molecule has 0 saturated carbocycles. The Morgan fingerprint density at radius 1 is 1.07 bits per heavy atom. The Morgan fingerprint density at radius 3 is 2.44 bits per heavy atom. The van der Waals surface area contributed by atoms with E-state index >= 15 is 0 Å². The van der Waals surface area contributed by atoms with Crippen LogP contribution < -0.4 is 0 Å². The van der Waals surface area contributed by atoms with Crippen LogP contribution in [0.3, 0.4) is 0 Å². The second-order valence-corrected chi connectivity index (χ2v) is 7.27. The minimum atomic E-state index is -0.558. The smallest absolute Gasteiger partial charge is 0.313 e. The van der Waals surface area contributed by atoms with Crippen LogP contribution in [0.1, 0.15) is 31.1 Å². The van der Waals surface area contributed by atoms with E-state index in [4.69, 9.17) is 4.74 Å². The molecule has 1 heterocycles. The highest BCUT2D eigenvalue weighted by atomic mass is 16.5. The van der Waals surface area contributed by atoms with E-state index in [0.717, 1.165) is 23.0 Å². The van der Waals surface area contributed by atoms with Crippen molar-refractivity contribution in [3.63, 3.8) is 0 Å². The molecule has 0 saturated heterocycles. The Bertz CT molecular complexity index is 953. The standard InChI is InChI=1S/C21H21N3O3/c1-21(2,3)20(26)27-14-24-12-19(22-23-24)18-6-4-5-17(11-18)16-9-7-15(13-25)8-10-16/h4-13H,14H2,1-3H3. The average Bonchev–Trinajstić information content (AvgIpc) is 3.14. The van der Waals surface area contributed by atoms with E-state index < -0.39 is 5.41 Å². The van der Waals surface area contributed by atoms with Crippen molar-refractivity contribution < 1.29 is 14.3 Å². The molecule has 0 spiro atoms. The summed E-state index contributed by atoms with van der Waals surface area (Å²) in [7, 11) is 0. The zero-order valence-corrected chi connectivity index (χ0v) is 15.5. The Kier molecular flexibility index (Phi) is 5.16. The van der Waals surface area contributed by atoms with E-state index in [-0.39, 0.29) is 12.7 Å². The SMILES string of the molecule is CC(C)(C)C(=O)OCn1cc(-c2cccc(-c3ccc(C=O)cc3)c2)nn1. The lowest BCUT2D eigenvalue weighted by atomic mass is 9.98. The van der Waals surface area contributed by atoms with Crippen LogP contribution in [0.25, 0.3) is 22.4 Å². The molecule has 3 aromatic rings. The van der Waals surface area contributed by atoms with Gasteiger partial charge in [0, 0.05) is 11.1 Å². The molecule has 0 amide bonds. The molecule has 3 rings (SSSR count). The van der Waals surface area contributed by atoms with Crippen molar-refractivity contribution >= 4 is 12.3 Å². The van der Waals surface area contributed by atoms with Crippen molar-refractivity contribution in [2.75, 3.05) is 0 Å². The lowest BCUT2D eigenvalue weighted by Crippen LogP contribution is -2.24. The molecule has 0 fully saturated rings. The molecule has 6 heteroatoms. The van der Waals surface area contributed by atoms with Crippen LogP contribution in [0.15, 0.2) is 54.7 Å². The summed E-state index contributed by atoms with van der Waals surface area (Å²) in [6, 6.07) is 15.3. The quantitative estimate of drug-likeness (QED) is 0.506. The van der Waals surface area contributed by atoms with E-state index in [9.17, 15) is 9.59 Å². The fourth-order valence-electron chi connectivity index (χ4n) is 2.45. The monoisotopic (exact) mass is 363 g/mol. The largest absolute Gasteiger partial charge is 0.442 e. The van der Waals surface area contributed by atoms with E-state index in [2.05, 4.69) is 10.3 Å². The van der Waals surface area contributed by atoms with Crippen LogP contribution in [-0.4, -0.2) is 27.2 Å². The number of benzene rings is 2. The van der Waals surface area contributed by atoms with Crippen molar-refractivity contribution in [1.82, 2.24) is 15.0 Å². The van der Waals surface area contributed by atoms with E-state index in [1.165, 1.54) is 4.68 Å². The molecule has 0 bridgehead atoms. The van der Waals surface area contributed by atoms with Gasteiger partial charge in [-0.15, -0.1) is 5.10 Å². The molecule has 138 valence electrons. The Balaban J connectivity index is 1.76.